The Labute approximate surface area is 30.9 Å². The van der Waals surface area contributed by atoms with Crippen LogP contribution in [-0.2, 0) is 11.9 Å². The summed E-state index contributed by atoms with van der Waals surface area (Å²) in [6.45, 7) is 0. The summed E-state index contributed by atoms with van der Waals surface area (Å²) in [6, 6.07) is 0. The summed E-state index contributed by atoms with van der Waals surface area (Å²) in [5.74, 6) is 0. The molecule has 4 heteroatoms. The van der Waals surface area contributed by atoms with E-state index >= 15 is 0 Å². The molecule has 0 saturated heterocycles. The second kappa shape index (κ2) is 3.54. The third kappa shape index (κ3) is 2.54. The summed E-state index contributed by atoms with van der Waals surface area (Å²) in [5, 5.41) is 0. The van der Waals surface area contributed by atoms with Crippen LogP contribution in [0, 0.1) is 0 Å². The van der Waals surface area contributed by atoms with Crippen LogP contribution in [0.4, 0.5) is 0 Å². The van der Waals surface area contributed by atoms with Gasteiger partial charge in [0.1, 0.15) is 0 Å². The Bertz CT molecular complexity index is 22.0. The monoisotopic (exact) mass is 97.0 g/mol. The van der Waals surface area contributed by atoms with Gasteiger partial charge in [0.05, 0.1) is 11.9 Å². The van der Waals surface area contributed by atoms with Crippen LogP contribution in [0.15, 0.2) is 0 Å². The number of rotatable bonds is 1. The van der Waals surface area contributed by atoms with Gasteiger partial charge in [-0.25, -0.2) is 8.70 Å². The molecule has 0 aromatic heterocycles. The van der Waals surface area contributed by atoms with Crippen LogP contribution in [0.25, 0.3) is 0 Å². The fraction of sp³-hybridized carbons (Fsp3) is 0. The highest BCUT2D eigenvalue weighted by atomic mass is 32.2. The van der Waals surface area contributed by atoms with Gasteiger partial charge in [-0.15, -0.1) is 0 Å². The Kier molecular flexibility index (Phi) is 4.02. The molecule has 4 heavy (non-hydrogen) atoms. The van der Waals surface area contributed by atoms with Crippen molar-refractivity contribution < 1.29 is 4.21 Å². The third-order valence-corrected chi connectivity index (χ3v) is 0.474. The van der Waals surface area contributed by atoms with E-state index in [1.54, 1.807) is 0 Å². The Morgan fingerprint density at radius 3 is 2.25 bits per heavy atom. The molecule has 26 valence electrons. The minimum atomic E-state index is -0.0386. The second-order valence-electron chi connectivity index (χ2n) is 0.220. The lowest BCUT2D eigenvalue weighted by molar-refractivity contribution is 0.693. The first-order valence-corrected chi connectivity index (χ1v) is 2.08. The highest BCUT2D eigenvalue weighted by Crippen LogP contribution is 1.54. The van der Waals surface area contributed by atoms with E-state index in [1.165, 1.54) is 0 Å². The topological polar surface area (TPSA) is 29.1 Å². The number of hydrogen-bond donors (Lipinski definition) is 2. The summed E-state index contributed by atoms with van der Waals surface area (Å²) in [5.41, 5.74) is 0. The second-order valence-corrected chi connectivity index (χ2v) is 1.44. The van der Waals surface area contributed by atoms with Crippen LogP contribution in [0.5, 0.6) is 0 Å². The van der Waals surface area contributed by atoms with Gasteiger partial charge in [-0.05, 0) is 0 Å². The van der Waals surface area contributed by atoms with Crippen LogP contribution >= 0.6 is 9.39 Å². The van der Waals surface area contributed by atoms with Crippen LogP contribution in [-0.4, -0.2) is 4.21 Å². The molecule has 0 saturated carbocycles. The van der Waals surface area contributed by atoms with E-state index in [9.17, 15) is 0 Å². The van der Waals surface area contributed by atoms with E-state index < -0.39 is 0 Å². The highest BCUT2D eigenvalue weighted by Gasteiger charge is 1.42. The van der Waals surface area contributed by atoms with Crippen molar-refractivity contribution in [2.45, 2.75) is 0 Å². The van der Waals surface area contributed by atoms with Gasteiger partial charge in [0.2, 0.25) is 0 Å². The molecule has 0 heterocycles. The molecule has 0 fully saturated rings. The molecular weight excluding hydrogens is 93.0 g/mol. The molecule has 0 aliphatic carbocycles. The minimum absolute atomic E-state index is 0.0386. The zero-order valence-electron chi connectivity index (χ0n) is 1.93. The molecule has 0 bridgehead atoms. The molecule has 0 aliphatic rings. The van der Waals surface area contributed by atoms with Crippen LogP contribution in [0.1, 0.15) is 0 Å². The van der Waals surface area contributed by atoms with Gasteiger partial charge in [-0.3, -0.25) is 0 Å². The molecule has 0 rings (SSSR count). The fourth-order valence-electron chi connectivity index (χ4n) is 0. The molecule has 0 radical (unpaired) electrons. The molecule has 1 N–H and O–H groups in total. The zero-order valence-corrected chi connectivity index (χ0v) is 3.98. The maximum absolute atomic E-state index is 9.14. The van der Waals surface area contributed by atoms with Gasteiger partial charge < -0.3 is 0 Å². The van der Waals surface area contributed by atoms with Crippen molar-refractivity contribution in [3.63, 3.8) is 0 Å². The lowest BCUT2D eigenvalue weighted by atomic mass is 13.9. The van der Waals surface area contributed by atoms with Gasteiger partial charge in [-0.2, -0.15) is 0 Å². The van der Waals surface area contributed by atoms with Gasteiger partial charge in [0.25, 0.3) is 0 Å². The van der Waals surface area contributed by atoms with Crippen molar-refractivity contribution >= 4 is 21.2 Å². The Hall–Kier alpha value is 0.540. The molecule has 0 aliphatic heterocycles. The number of thiol groups is 1. The zero-order chi connectivity index (χ0) is 3.41. The predicted molar refractivity (Wildman–Crippen MR) is 22.4 cm³/mol. The van der Waals surface area contributed by atoms with Gasteiger partial charge >= 0.3 is 0 Å². The minimum Gasteiger partial charge on any atom is -0.246 e. The first-order valence-electron chi connectivity index (χ1n) is 0.695. The average molecular weight is 97.1 g/mol. The molecular formula is H4NOPS. The maximum atomic E-state index is 9.14. The van der Waals surface area contributed by atoms with Crippen molar-refractivity contribution in [1.29, 1.82) is 0 Å². The Morgan fingerprint density at radius 2 is 2.25 bits per heavy atom. The summed E-state index contributed by atoms with van der Waals surface area (Å²) >= 11 is -0.0386. The summed E-state index contributed by atoms with van der Waals surface area (Å²) in [6.07, 6.45) is 0. The molecule has 1 unspecified atom stereocenters. The Balaban J connectivity index is 2.30. The van der Waals surface area contributed by atoms with E-state index in [2.05, 4.69) is 13.9 Å². The average Bonchev–Trinajstić information content (AvgIpc) is 1.37. The SMILES string of the molecule is O=[SH]NP. The van der Waals surface area contributed by atoms with E-state index in [-0.39, 0.29) is 11.9 Å². The molecule has 0 spiro atoms. The van der Waals surface area contributed by atoms with E-state index in [0.29, 0.717) is 0 Å². The Morgan fingerprint density at radius 1 is 2.00 bits per heavy atom. The lowest BCUT2D eigenvalue weighted by Gasteiger charge is -1.62. The first-order chi connectivity index (χ1) is 1.91. The molecule has 0 aromatic carbocycles. The molecule has 1 atom stereocenters. The molecule has 0 amide bonds. The van der Waals surface area contributed by atoms with Crippen LogP contribution in [0.3, 0.4) is 0 Å². The quantitative estimate of drug-likeness (QED) is 0.326. The normalized spacial score (nSPS) is 7.25. The summed E-state index contributed by atoms with van der Waals surface area (Å²) in [4.78, 5) is 0. The fourth-order valence-corrected chi connectivity index (χ4v) is 0. The van der Waals surface area contributed by atoms with Gasteiger partial charge in [0, 0.05) is 0 Å². The van der Waals surface area contributed by atoms with Crippen LogP contribution in [0.2, 0.25) is 0 Å². The predicted octanol–water partition coefficient (Wildman–Crippen LogP) is -0.774. The molecule has 0 aromatic rings. The van der Waals surface area contributed by atoms with Crippen molar-refractivity contribution in [2.24, 2.45) is 0 Å². The largest absolute Gasteiger partial charge is 0.246 e. The maximum Gasteiger partial charge on any atom is 0.0812 e. The summed E-state index contributed by atoms with van der Waals surface area (Å²) in [7, 11) is 2.08. The highest BCUT2D eigenvalue weighted by molar-refractivity contribution is 7.68. The third-order valence-electron chi connectivity index (χ3n) is 0.0527. The lowest BCUT2D eigenvalue weighted by Crippen LogP contribution is -1.78. The van der Waals surface area contributed by atoms with E-state index in [1.807, 2.05) is 0 Å². The smallest absolute Gasteiger partial charge is 0.0812 e. The van der Waals surface area contributed by atoms with Crippen molar-refractivity contribution in [3.05, 3.63) is 0 Å². The van der Waals surface area contributed by atoms with E-state index in [0.717, 1.165) is 0 Å². The summed E-state index contributed by atoms with van der Waals surface area (Å²) < 4.78 is 11.4. The van der Waals surface area contributed by atoms with Gasteiger partial charge in [0.15, 0.2) is 0 Å². The number of hydrogen-bond acceptors (Lipinski definition) is 1. The van der Waals surface area contributed by atoms with Gasteiger partial charge in [-0.1, -0.05) is 9.39 Å². The van der Waals surface area contributed by atoms with Crippen molar-refractivity contribution in [2.75, 3.05) is 0 Å². The van der Waals surface area contributed by atoms with E-state index in [4.69, 9.17) is 4.21 Å². The molecule has 2 nitrogen and oxygen atoms in total. The van der Waals surface area contributed by atoms with Crippen molar-refractivity contribution in [3.8, 4) is 0 Å². The van der Waals surface area contributed by atoms with Crippen molar-refractivity contribution in [1.82, 2.24) is 4.49 Å². The van der Waals surface area contributed by atoms with Crippen LogP contribution < -0.4 is 4.49 Å². The number of nitrogens with one attached hydrogen (secondary N) is 1. The first kappa shape index (κ1) is 4.54. The standard InChI is InChI=1S/H4NOPS/c2-4-1-3/h4H,3H2,(H,1,2).